The second-order valence-electron chi connectivity index (χ2n) is 8.80. The highest BCUT2D eigenvalue weighted by atomic mass is 19.1. The third kappa shape index (κ3) is 6.47. The van der Waals surface area contributed by atoms with Crippen LogP contribution in [0.25, 0.3) is 10.4 Å². The van der Waals surface area contributed by atoms with Gasteiger partial charge in [0.15, 0.2) is 5.54 Å². The molecule has 1 heterocycles. The third-order valence-corrected chi connectivity index (χ3v) is 6.16. The Morgan fingerprint density at radius 3 is 2.53 bits per heavy atom. The van der Waals surface area contributed by atoms with Crippen molar-refractivity contribution in [1.82, 2.24) is 5.32 Å². The maximum atomic E-state index is 14.2. The van der Waals surface area contributed by atoms with E-state index in [9.17, 15) is 9.18 Å². The van der Waals surface area contributed by atoms with Crippen LogP contribution < -0.4 is 10.1 Å². The number of rotatable bonds is 12. The first kappa shape index (κ1) is 26.7. The summed E-state index contributed by atoms with van der Waals surface area (Å²) in [5, 5.41) is 15.4. The van der Waals surface area contributed by atoms with Gasteiger partial charge in [-0.05, 0) is 47.0 Å². The van der Waals surface area contributed by atoms with Crippen LogP contribution in [0.4, 0.5) is 4.39 Å². The molecule has 10 heteroatoms. The molecule has 1 aliphatic rings. The van der Waals surface area contributed by atoms with Crippen LogP contribution in [0.1, 0.15) is 28.7 Å². The van der Waals surface area contributed by atoms with Crippen molar-refractivity contribution in [2.24, 2.45) is 10.1 Å². The average molecular weight is 518 g/mol. The molecule has 0 radical (unpaired) electrons. The lowest BCUT2D eigenvalue weighted by Crippen LogP contribution is -2.48. The molecule has 0 saturated heterocycles. The lowest BCUT2D eigenvalue weighted by molar-refractivity contribution is -0.126. The van der Waals surface area contributed by atoms with Crippen LogP contribution in [0.15, 0.2) is 82.9 Å². The molecule has 1 amide bonds. The average Bonchev–Trinajstić information content (AvgIpc) is 3.38. The maximum absolute atomic E-state index is 14.2. The largest absolute Gasteiger partial charge is 0.494 e. The van der Waals surface area contributed by atoms with Crippen LogP contribution in [-0.2, 0) is 29.0 Å². The quantitative estimate of drug-likeness (QED) is 0.159. The molecule has 4 rings (SSSR count). The first-order valence-corrected chi connectivity index (χ1v) is 12.2. The van der Waals surface area contributed by atoms with E-state index in [2.05, 4.69) is 15.3 Å². The highest BCUT2D eigenvalue weighted by Crippen LogP contribution is 2.29. The fraction of sp³-hybridized carbons (Fsp3) is 0.286. The molecule has 0 aromatic heterocycles. The molecule has 0 bridgehead atoms. The third-order valence-electron chi connectivity index (χ3n) is 6.16. The van der Waals surface area contributed by atoms with E-state index >= 15 is 0 Å². The van der Waals surface area contributed by atoms with Crippen LogP contribution in [0.3, 0.4) is 0 Å². The number of halogens is 1. The van der Waals surface area contributed by atoms with Gasteiger partial charge in [-0.2, -0.15) is 0 Å². The van der Waals surface area contributed by atoms with Gasteiger partial charge in [-0.3, -0.25) is 4.79 Å². The second-order valence-corrected chi connectivity index (χ2v) is 8.80. The van der Waals surface area contributed by atoms with Gasteiger partial charge in [0.05, 0.1) is 13.2 Å². The molecule has 2 N–H and O–H groups in total. The number of carbonyl (C=O) groups is 1. The maximum Gasteiger partial charge on any atom is 0.252 e. The van der Waals surface area contributed by atoms with Crippen molar-refractivity contribution in [2.75, 3.05) is 19.8 Å². The van der Waals surface area contributed by atoms with Crippen LogP contribution in [0, 0.1) is 5.82 Å². The molecule has 1 atom stereocenters. The fourth-order valence-corrected chi connectivity index (χ4v) is 4.12. The van der Waals surface area contributed by atoms with Gasteiger partial charge in [-0.15, -0.1) is 0 Å². The number of nitrogens with one attached hydrogen (secondary N) is 1. The Morgan fingerprint density at radius 2 is 1.82 bits per heavy atom. The Hall–Kier alpha value is -4.40. The summed E-state index contributed by atoms with van der Waals surface area (Å²) in [6, 6.07) is 20.7. The van der Waals surface area contributed by atoms with Crippen LogP contribution in [0.5, 0.6) is 5.75 Å². The van der Waals surface area contributed by atoms with Gasteiger partial charge < -0.3 is 19.9 Å². The highest BCUT2D eigenvalue weighted by molar-refractivity contribution is 6.00. The Morgan fingerprint density at radius 1 is 1.11 bits per heavy atom. The first-order valence-electron chi connectivity index (χ1n) is 12.2. The summed E-state index contributed by atoms with van der Waals surface area (Å²) in [4.78, 5) is 21.2. The summed E-state index contributed by atoms with van der Waals surface area (Å²) < 4.78 is 25.7. The fourth-order valence-electron chi connectivity index (χ4n) is 4.12. The van der Waals surface area contributed by atoms with E-state index in [0.717, 1.165) is 11.1 Å². The zero-order valence-corrected chi connectivity index (χ0v) is 20.7. The molecule has 9 nitrogen and oxygen atoms in total. The van der Waals surface area contributed by atoms with E-state index < -0.39 is 17.3 Å². The molecular weight excluding hydrogens is 489 g/mol. The molecular formula is C28H28FN5O4. The van der Waals surface area contributed by atoms with Crippen molar-refractivity contribution in [2.45, 2.75) is 31.5 Å². The molecule has 3 aromatic rings. The number of amides is 1. The highest BCUT2D eigenvalue weighted by Gasteiger charge is 2.44. The molecule has 0 saturated carbocycles. The summed E-state index contributed by atoms with van der Waals surface area (Å²) in [5.41, 5.74) is 10.1. The van der Waals surface area contributed by atoms with Crippen molar-refractivity contribution in [3.8, 4) is 5.75 Å². The van der Waals surface area contributed by atoms with E-state index in [1.165, 1.54) is 6.07 Å². The summed E-state index contributed by atoms with van der Waals surface area (Å²) in [6.45, 7) is 0.562. The number of ether oxygens (including phenoxy) is 2. The van der Waals surface area contributed by atoms with Crippen molar-refractivity contribution in [3.63, 3.8) is 0 Å². The van der Waals surface area contributed by atoms with Gasteiger partial charge in [0.25, 0.3) is 5.91 Å². The van der Waals surface area contributed by atoms with E-state index in [-0.39, 0.29) is 32.7 Å². The van der Waals surface area contributed by atoms with E-state index in [0.29, 0.717) is 35.8 Å². The number of aliphatic hydroxyl groups is 1. The topological polar surface area (TPSA) is 129 Å². The summed E-state index contributed by atoms with van der Waals surface area (Å²) in [6.07, 6.45) is 0.725. The molecule has 0 aliphatic carbocycles. The van der Waals surface area contributed by atoms with Crippen LogP contribution in [-0.4, -0.2) is 42.3 Å². The van der Waals surface area contributed by atoms with Gasteiger partial charge in [-0.1, -0.05) is 47.6 Å². The number of azide groups is 1. The lowest BCUT2D eigenvalue weighted by Gasteiger charge is -2.24. The summed E-state index contributed by atoms with van der Waals surface area (Å²) in [5.74, 6) is 0.134. The minimum atomic E-state index is -1.32. The van der Waals surface area contributed by atoms with E-state index in [1.54, 1.807) is 42.5 Å². The van der Waals surface area contributed by atoms with Crippen molar-refractivity contribution in [1.29, 1.82) is 0 Å². The van der Waals surface area contributed by atoms with Crippen molar-refractivity contribution < 1.29 is 23.8 Å². The Balaban J connectivity index is 1.61. The van der Waals surface area contributed by atoms with Gasteiger partial charge in [0.2, 0.25) is 5.90 Å². The van der Waals surface area contributed by atoms with Crippen molar-refractivity contribution in [3.05, 3.63) is 111 Å². The Labute approximate surface area is 219 Å². The number of benzene rings is 3. The predicted octanol–water partition coefficient (Wildman–Crippen LogP) is 4.47. The second kappa shape index (κ2) is 12.7. The standard InChI is InChI=1S/C28H28FN5O4/c29-25-9-4-3-8-23(25)17-31-27(36)28(16-21-6-1-2-7-22(21)18-32-34-30)19-38-26(33-28)20-10-12-24(13-11-20)37-15-5-14-35/h1-4,6-13,35H,5,14-19H2,(H,31,36)/t28-/m1/s1. The van der Waals surface area contributed by atoms with Gasteiger partial charge >= 0.3 is 0 Å². The summed E-state index contributed by atoms with van der Waals surface area (Å²) >= 11 is 0. The number of hydrogen-bond donors (Lipinski definition) is 2. The van der Waals surface area contributed by atoms with Gasteiger partial charge in [-0.25, -0.2) is 9.38 Å². The van der Waals surface area contributed by atoms with Crippen LogP contribution >= 0.6 is 0 Å². The monoisotopic (exact) mass is 517 g/mol. The minimum Gasteiger partial charge on any atom is -0.494 e. The molecule has 0 unspecified atom stereocenters. The molecule has 196 valence electrons. The smallest absolute Gasteiger partial charge is 0.252 e. The number of aliphatic imine (C=N–C) groups is 1. The number of hydrogen-bond acceptors (Lipinski definition) is 6. The Bertz CT molecular complexity index is 1340. The Kier molecular flexibility index (Phi) is 8.92. The molecule has 38 heavy (non-hydrogen) atoms. The number of carbonyl (C=O) groups excluding carboxylic acids is 1. The zero-order valence-electron chi connectivity index (χ0n) is 20.7. The molecule has 0 spiro atoms. The minimum absolute atomic E-state index is 0.00163. The number of aliphatic hydroxyl groups excluding tert-OH is 1. The first-order chi connectivity index (χ1) is 18.5. The normalized spacial score (nSPS) is 16.2. The van der Waals surface area contributed by atoms with Gasteiger partial charge in [0.1, 0.15) is 18.2 Å². The SMILES string of the molecule is [N-]=[N+]=NCc1ccccc1C[C@]1(C(=O)NCc2ccccc2F)COC(c2ccc(OCCCO)cc2)=N1. The van der Waals surface area contributed by atoms with Gasteiger partial charge in [0, 0.05) is 42.0 Å². The predicted molar refractivity (Wildman–Crippen MR) is 140 cm³/mol. The number of nitrogens with zero attached hydrogens (tertiary/aromatic N) is 4. The lowest BCUT2D eigenvalue weighted by atomic mass is 9.89. The molecule has 3 aromatic carbocycles. The van der Waals surface area contributed by atoms with Crippen LogP contribution in [0.2, 0.25) is 0 Å². The van der Waals surface area contributed by atoms with Crippen molar-refractivity contribution >= 4 is 11.8 Å². The summed E-state index contributed by atoms with van der Waals surface area (Å²) in [7, 11) is 0. The van der Waals surface area contributed by atoms with E-state index in [4.69, 9.17) is 25.1 Å². The zero-order chi connectivity index (χ0) is 26.8. The molecule has 0 fully saturated rings. The van der Waals surface area contributed by atoms with E-state index in [1.807, 2.05) is 24.3 Å². The molecule has 1 aliphatic heterocycles.